The third-order valence-corrected chi connectivity index (χ3v) is 3.86. The van der Waals surface area contributed by atoms with Gasteiger partial charge in [-0.05, 0) is 35.0 Å². The zero-order valence-corrected chi connectivity index (χ0v) is 11.7. The SMILES string of the molecule is CC(CO)N(C)c1cc2c(cc1Br)C(O)C(=O)N2. The molecule has 5 nitrogen and oxygen atoms in total. The number of rotatable bonds is 3. The first kappa shape index (κ1) is 13.3. The van der Waals surface area contributed by atoms with Gasteiger partial charge >= 0.3 is 0 Å². The fraction of sp³-hybridized carbons (Fsp3) is 0.417. The molecular weight excluding hydrogens is 300 g/mol. The minimum absolute atomic E-state index is 0.0367. The number of carbonyl (C=O) groups excluding carboxylic acids is 1. The van der Waals surface area contributed by atoms with E-state index in [1.54, 1.807) is 12.1 Å². The highest BCUT2D eigenvalue weighted by atomic mass is 79.9. The predicted octanol–water partition coefficient (Wildman–Crippen LogP) is 1.25. The van der Waals surface area contributed by atoms with Crippen LogP contribution in [0.15, 0.2) is 16.6 Å². The number of aliphatic hydroxyl groups is 2. The van der Waals surface area contributed by atoms with E-state index in [4.69, 9.17) is 5.11 Å². The van der Waals surface area contributed by atoms with Gasteiger partial charge in [0.2, 0.25) is 0 Å². The summed E-state index contributed by atoms with van der Waals surface area (Å²) in [6.45, 7) is 1.93. The lowest BCUT2D eigenvalue weighted by atomic mass is 10.1. The minimum Gasteiger partial charge on any atom is -0.394 e. The molecule has 2 unspecified atom stereocenters. The van der Waals surface area contributed by atoms with Crippen LogP contribution >= 0.6 is 15.9 Å². The molecule has 18 heavy (non-hydrogen) atoms. The van der Waals surface area contributed by atoms with Crippen molar-refractivity contribution in [1.29, 1.82) is 0 Å². The number of nitrogens with one attached hydrogen (secondary N) is 1. The number of hydrogen-bond donors (Lipinski definition) is 3. The largest absolute Gasteiger partial charge is 0.394 e. The maximum Gasteiger partial charge on any atom is 0.257 e. The molecule has 0 aromatic heterocycles. The molecule has 0 bridgehead atoms. The van der Waals surface area contributed by atoms with E-state index in [9.17, 15) is 9.90 Å². The Hall–Kier alpha value is -1.11. The Morgan fingerprint density at radius 1 is 1.56 bits per heavy atom. The van der Waals surface area contributed by atoms with Gasteiger partial charge in [0.05, 0.1) is 12.3 Å². The Morgan fingerprint density at radius 3 is 2.83 bits per heavy atom. The lowest BCUT2D eigenvalue weighted by Gasteiger charge is -2.27. The molecule has 0 aliphatic carbocycles. The first-order valence-electron chi connectivity index (χ1n) is 5.61. The van der Waals surface area contributed by atoms with Crippen molar-refractivity contribution in [2.45, 2.75) is 19.1 Å². The second-order valence-corrected chi connectivity index (χ2v) is 5.28. The van der Waals surface area contributed by atoms with Gasteiger partial charge in [0.15, 0.2) is 6.10 Å². The van der Waals surface area contributed by atoms with Crippen LogP contribution in [0.1, 0.15) is 18.6 Å². The van der Waals surface area contributed by atoms with Crippen molar-refractivity contribution in [1.82, 2.24) is 0 Å². The van der Waals surface area contributed by atoms with E-state index in [1.807, 2.05) is 18.9 Å². The van der Waals surface area contributed by atoms with Crippen molar-refractivity contribution in [2.75, 3.05) is 23.9 Å². The zero-order valence-electron chi connectivity index (χ0n) is 10.1. The molecule has 2 atom stereocenters. The van der Waals surface area contributed by atoms with Crippen LogP contribution in [0.2, 0.25) is 0 Å². The lowest BCUT2D eigenvalue weighted by molar-refractivity contribution is -0.123. The van der Waals surface area contributed by atoms with Crippen LogP contribution in [-0.2, 0) is 4.79 Å². The number of nitrogens with zero attached hydrogens (tertiary/aromatic N) is 1. The molecule has 0 saturated carbocycles. The molecule has 0 spiro atoms. The molecular formula is C12H15BrN2O3. The topological polar surface area (TPSA) is 72.8 Å². The van der Waals surface area contributed by atoms with E-state index in [0.29, 0.717) is 11.3 Å². The summed E-state index contributed by atoms with van der Waals surface area (Å²) in [5.74, 6) is -0.410. The average Bonchev–Trinajstić information content (AvgIpc) is 2.63. The Kier molecular flexibility index (Phi) is 3.61. The van der Waals surface area contributed by atoms with Crippen molar-refractivity contribution in [3.63, 3.8) is 0 Å². The first-order valence-corrected chi connectivity index (χ1v) is 6.41. The first-order chi connectivity index (χ1) is 8.45. The Morgan fingerprint density at radius 2 is 2.22 bits per heavy atom. The van der Waals surface area contributed by atoms with Crippen LogP contribution in [0.5, 0.6) is 0 Å². The third kappa shape index (κ3) is 2.11. The molecule has 1 aromatic carbocycles. The number of amides is 1. The maximum absolute atomic E-state index is 11.4. The van der Waals surface area contributed by atoms with E-state index in [1.165, 1.54) is 0 Å². The van der Waals surface area contributed by atoms with Gasteiger partial charge in [-0.1, -0.05) is 0 Å². The average molecular weight is 315 g/mol. The van der Waals surface area contributed by atoms with Gasteiger partial charge in [-0.2, -0.15) is 0 Å². The summed E-state index contributed by atoms with van der Waals surface area (Å²) in [7, 11) is 1.86. The summed E-state index contributed by atoms with van der Waals surface area (Å²) in [5.41, 5.74) is 2.04. The third-order valence-electron chi connectivity index (χ3n) is 3.23. The van der Waals surface area contributed by atoms with Crippen LogP contribution in [0, 0.1) is 0 Å². The number of fused-ring (bicyclic) bond motifs is 1. The van der Waals surface area contributed by atoms with Gasteiger partial charge < -0.3 is 20.4 Å². The summed E-state index contributed by atoms with van der Waals surface area (Å²) in [4.78, 5) is 13.3. The molecule has 0 saturated heterocycles. The van der Waals surface area contributed by atoms with Crippen molar-refractivity contribution in [3.8, 4) is 0 Å². The van der Waals surface area contributed by atoms with Gasteiger partial charge in [0.25, 0.3) is 5.91 Å². The fourth-order valence-electron chi connectivity index (χ4n) is 1.88. The molecule has 1 amide bonds. The van der Waals surface area contributed by atoms with Crippen molar-refractivity contribution in [2.24, 2.45) is 0 Å². The molecule has 1 aliphatic heterocycles. The molecule has 0 radical (unpaired) electrons. The van der Waals surface area contributed by atoms with Crippen molar-refractivity contribution in [3.05, 3.63) is 22.2 Å². The van der Waals surface area contributed by atoms with E-state index in [-0.39, 0.29) is 12.6 Å². The normalized spacial score (nSPS) is 19.4. The maximum atomic E-state index is 11.4. The number of benzene rings is 1. The quantitative estimate of drug-likeness (QED) is 0.785. The van der Waals surface area contributed by atoms with Gasteiger partial charge in [0.1, 0.15) is 0 Å². The summed E-state index contributed by atoms with van der Waals surface area (Å²) in [6, 6.07) is 3.48. The van der Waals surface area contributed by atoms with Gasteiger partial charge in [-0.15, -0.1) is 0 Å². The Labute approximate surface area is 114 Å². The standard InChI is InChI=1S/C12H15BrN2O3/c1-6(5-16)15(2)10-4-9-7(3-8(10)13)11(17)12(18)14-9/h3-4,6,11,16-17H,5H2,1-2H3,(H,14,18). The van der Waals surface area contributed by atoms with Crippen LogP contribution in [0.4, 0.5) is 11.4 Å². The second-order valence-electron chi connectivity index (χ2n) is 4.43. The highest BCUT2D eigenvalue weighted by Crippen LogP contribution is 2.39. The highest BCUT2D eigenvalue weighted by Gasteiger charge is 2.30. The smallest absolute Gasteiger partial charge is 0.257 e. The molecule has 3 N–H and O–H groups in total. The monoisotopic (exact) mass is 314 g/mol. The van der Waals surface area contributed by atoms with E-state index >= 15 is 0 Å². The number of likely N-dealkylation sites (N-methyl/N-ethyl adjacent to an activating group) is 1. The van der Waals surface area contributed by atoms with Crippen LogP contribution in [0.25, 0.3) is 0 Å². The highest BCUT2D eigenvalue weighted by molar-refractivity contribution is 9.10. The predicted molar refractivity (Wildman–Crippen MR) is 72.7 cm³/mol. The second kappa shape index (κ2) is 4.87. The molecule has 98 valence electrons. The lowest BCUT2D eigenvalue weighted by Crippen LogP contribution is -2.32. The number of carbonyl (C=O) groups is 1. The summed E-state index contributed by atoms with van der Waals surface area (Å²) in [6.07, 6.45) is -1.11. The molecule has 1 heterocycles. The van der Waals surface area contributed by atoms with Gasteiger partial charge in [-0.25, -0.2) is 0 Å². The summed E-state index contributed by atoms with van der Waals surface area (Å²) < 4.78 is 0.777. The van der Waals surface area contributed by atoms with E-state index in [0.717, 1.165) is 10.2 Å². The summed E-state index contributed by atoms with van der Waals surface area (Å²) >= 11 is 3.42. The van der Waals surface area contributed by atoms with Gasteiger partial charge in [-0.3, -0.25) is 4.79 Å². The van der Waals surface area contributed by atoms with Crippen LogP contribution < -0.4 is 10.2 Å². The molecule has 1 aliphatic rings. The number of anilines is 2. The fourth-order valence-corrected chi connectivity index (χ4v) is 2.52. The number of aliphatic hydroxyl groups excluding tert-OH is 2. The number of halogens is 1. The van der Waals surface area contributed by atoms with Crippen LogP contribution in [0.3, 0.4) is 0 Å². The Bertz CT molecular complexity index is 492. The van der Waals surface area contributed by atoms with E-state index < -0.39 is 12.0 Å². The molecule has 0 fully saturated rings. The number of hydrogen-bond acceptors (Lipinski definition) is 4. The molecule has 1 aromatic rings. The zero-order chi connectivity index (χ0) is 13.4. The molecule has 6 heteroatoms. The van der Waals surface area contributed by atoms with Crippen molar-refractivity contribution < 1.29 is 15.0 Å². The van der Waals surface area contributed by atoms with Crippen LogP contribution in [-0.4, -0.2) is 35.8 Å². The minimum atomic E-state index is -1.11. The van der Waals surface area contributed by atoms with Gasteiger partial charge in [0, 0.05) is 28.8 Å². The Balaban J connectivity index is 2.41. The summed E-state index contributed by atoms with van der Waals surface area (Å²) in [5, 5.41) is 21.5. The molecule has 2 rings (SSSR count). The van der Waals surface area contributed by atoms with Crippen molar-refractivity contribution >= 4 is 33.2 Å². The van der Waals surface area contributed by atoms with E-state index in [2.05, 4.69) is 21.2 Å².